The Bertz CT molecular complexity index is 237. The van der Waals surface area contributed by atoms with Crippen LogP contribution in [0.15, 0.2) is 0 Å². The Kier molecular flexibility index (Phi) is 5.03. The average molecular weight is 240 g/mol. The monoisotopic (exact) mass is 240 g/mol. The summed E-state index contributed by atoms with van der Waals surface area (Å²) in [5.41, 5.74) is 6.76. The summed E-state index contributed by atoms with van der Waals surface area (Å²) in [7, 11) is 2.29. The molecule has 0 heterocycles. The van der Waals surface area contributed by atoms with Gasteiger partial charge in [0.15, 0.2) is 0 Å². The van der Waals surface area contributed by atoms with E-state index in [1.807, 2.05) is 0 Å². The van der Waals surface area contributed by atoms with Gasteiger partial charge in [-0.1, -0.05) is 40.0 Å². The summed E-state index contributed by atoms with van der Waals surface area (Å²) in [6.45, 7) is 10.2. The maximum Gasteiger partial charge on any atom is 0.0382 e. The molecule has 102 valence electrons. The Labute approximate surface area is 108 Å². The van der Waals surface area contributed by atoms with Crippen LogP contribution in [0.4, 0.5) is 0 Å². The van der Waals surface area contributed by atoms with E-state index >= 15 is 0 Å². The minimum atomic E-state index is 0.208. The third-order valence-electron chi connectivity index (χ3n) is 5.28. The Morgan fingerprint density at radius 2 is 1.82 bits per heavy atom. The first kappa shape index (κ1) is 15.0. The molecule has 2 nitrogen and oxygen atoms in total. The molecule has 2 N–H and O–H groups in total. The summed E-state index contributed by atoms with van der Waals surface area (Å²) in [6, 6.07) is 0.640. The number of rotatable bonds is 5. The second-order valence-corrected chi connectivity index (χ2v) is 6.58. The first-order chi connectivity index (χ1) is 7.91. The van der Waals surface area contributed by atoms with Crippen LogP contribution in [0.2, 0.25) is 0 Å². The van der Waals surface area contributed by atoms with Gasteiger partial charge in [0.2, 0.25) is 0 Å². The highest BCUT2D eigenvalue weighted by Crippen LogP contribution is 2.47. The highest BCUT2D eigenvalue weighted by atomic mass is 15.2. The van der Waals surface area contributed by atoms with Gasteiger partial charge in [0.1, 0.15) is 0 Å². The molecular formula is C15H32N2. The molecule has 1 saturated carbocycles. The van der Waals surface area contributed by atoms with Crippen molar-refractivity contribution in [3.63, 3.8) is 0 Å². The zero-order valence-corrected chi connectivity index (χ0v) is 12.6. The average Bonchev–Trinajstić information content (AvgIpc) is 2.28. The lowest BCUT2D eigenvalue weighted by Gasteiger charge is -2.56. The molecule has 0 saturated heterocycles. The van der Waals surface area contributed by atoms with E-state index in [-0.39, 0.29) is 5.54 Å². The lowest BCUT2D eigenvalue weighted by molar-refractivity contribution is -0.0498. The molecule has 0 amide bonds. The van der Waals surface area contributed by atoms with Gasteiger partial charge in [-0.05, 0) is 38.6 Å². The largest absolute Gasteiger partial charge is 0.329 e. The summed E-state index contributed by atoms with van der Waals surface area (Å²) < 4.78 is 0. The van der Waals surface area contributed by atoms with E-state index in [1.165, 1.54) is 38.5 Å². The molecule has 17 heavy (non-hydrogen) atoms. The Balaban J connectivity index is 2.92. The molecule has 0 radical (unpaired) electrons. The molecule has 1 aliphatic rings. The van der Waals surface area contributed by atoms with Crippen molar-refractivity contribution in [2.45, 2.75) is 77.8 Å². The number of nitrogens with zero attached hydrogens (tertiary/aromatic N) is 1. The third kappa shape index (κ3) is 2.68. The van der Waals surface area contributed by atoms with E-state index in [1.54, 1.807) is 0 Å². The standard InChI is InChI=1S/C15H32N2/c1-6-9-13(2)17(5)15(12-16)11-8-7-10-14(15,3)4/h13H,6-12,16H2,1-5H3. The number of hydrogen-bond donors (Lipinski definition) is 1. The van der Waals surface area contributed by atoms with Crippen molar-refractivity contribution in [2.75, 3.05) is 13.6 Å². The van der Waals surface area contributed by atoms with Gasteiger partial charge in [0, 0.05) is 18.1 Å². The molecule has 1 aliphatic carbocycles. The van der Waals surface area contributed by atoms with E-state index in [4.69, 9.17) is 5.73 Å². The van der Waals surface area contributed by atoms with Crippen molar-refractivity contribution in [3.05, 3.63) is 0 Å². The fourth-order valence-corrected chi connectivity index (χ4v) is 3.76. The summed E-state index contributed by atoms with van der Waals surface area (Å²) in [5, 5.41) is 0. The van der Waals surface area contributed by atoms with Gasteiger partial charge in [0.25, 0.3) is 0 Å². The van der Waals surface area contributed by atoms with Crippen molar-refractivity contribution in [1.29, 1.82) is 0 Å². The molecule has 1 rings (SSSR count). The second-order valence-electron chi connectivity index (χ2n) is 6.58. The van der Waals surface area contributed by atoms with E-state index in [0.29, 0.717) is 11.5 Å². The molecule has 2 unspecified atom stereocenters. The van der Waals surface area contributed by atoms with Gasteiger partial charge in [-0.15, -0.1) is 0 Å². The fraction of sp³-hybridized carbons (Fsp3) is 1.00. The SMILES string of the molecule is CCCC(C)N(C)C1(CN)CCCCC1(C)C. The predicted octanol–water partition coefficient (Wildman–Crippen LogP) is 3.40. The highest BCUT2D eigenvalue weighted by molar-refractivity contribution is 5.05. The van der Waals surface area contributed by atoms with Crippen molar-refractivity contribution < 1.29 is 0 Å². The van der Waals surface area contributed by atoms with Crippen LogP contribution < -0.4 is 5.73 Å². The van der Waals surface area contributed by atoms with Gasteiger partial charge in [-0.3, -0.25) is 4.90 Å². The third-order valence-corrected chi connectivity index (χ3v) is 5.28. The minimum Gasteiger partial charge on any atom is -0.329 e. The molecule has 0 aromatic carbocycles. The molecule has 0 aliphatic heterocycles. The molecule has 2 atom stereocenters. The van der Waals surface area contributed by atoms with E-state index in [9.17, 15) is 0 Å². The Morgan fingerprint density at radius 1 is 1.24 bits per heavy atom. The Hall–Kier alpha value is -0.0800. The molecule has 0 spiro atoms. The highest BCUT2D eigenvalue weighted by Gasteiger charge is 2.49. The lowest BCUT2D eigenvalue weighted by atomic mass is 9.62. The summed E-state index contributed by atoms with van der Waals surface area (Å²) in [6.07, 6.45) is 7.81. The van der Waals surface area contributed by atoms with Crippen LogP contribution in [0.5, 0.6) is 0 Å². The second kappa shape index (κ2) is 5.71. The quantitative estimate of drug-likeness (QED) is 0.798. The molecule has 0 aromatic rings. The van der Waals surface area contributed by atoms with Gasteiger partial charge in [-0.2, -0.15) is 0 Å². The number of hydrogen-bond acceptors (Lipinski definition) is 2. The first-order valence-electron chi connectivity index (χ1n) is 7.34. The molecule has 0 bridgehead atoms. The van der Waals surface area contributed by atoms with Crippen LogP contribution in [0, 0.1) is 5.41 Å². The van der Waals surface area contributed by atoms with E-state index in [2.05, 4.69) is 39.6 Å². The number of likely N-dealkylation sites (N-methyl/N-ethyl adjacent to an activating group) is 1. The van der Waals surface area contributed by atoms with Gasteiger partial charge in [-0.25, -0.2) is 0 Å². The predicted molar refractivity (Wildman–Crippen MR) is 76.2 cm³/mol. The molecular weight excluding hydrogens is 208 g/mol. The van der Waals surface area contributed by atoms with Crippen LogP contribution in [-0.2, 0) is 0 Å². The topological polar surface area (TPSA) is 29.3 Å². The van der Waals surface area contributed by atoms with Crippen molar-refractivity contribution >= 4 is 0 Å². The van der Waals surface area contributed by atoms with E-state index in [0.717, 1.165) is 6.54 Å². The van der Waals surface area contributed by atoms with Gasteiger partial charge < -0.3 is 5.73 Å². The normalized spacial score (nSPS) is 30.5. The fourth-order valence-electron chi connectivity index (χ4n) is 3.76. The van der Waals surface area contributed by atoms with Crippen LogP contribution in [0.3, 0.4) is 0 Å². The van der Waals surface area contributed by atoms with Crippen LogP contribution in [-0.4, -0.2) is 30.1 Å². The summed E-state index contributed by atoms with van der Waals surface area (Å²) >= 11 is 0. The Morgan fingerprint density at radius 3 is 2.29 bits per heavy atom. The maximum atomic E-state index is 6.21. The van der Waals surface area contributed by atoms with Crippen LogP contribution in [0.1, 0.15) is 66.2 Å². The van der Waals surface area contributed by atoms with Gasteiger partial charge >= 0.3 is 0 Å². The zero-order valence-electron chi connectivity index (χ0n) is 12.6. The van der Waals surface area contributed by atoms with Crippen LogP contribution >= 0.6 is 0 Å². The summed E-state index contributed by atoms with van der Waals surface area (Å²) in [5.74, 6) is 0. The molecule has 1 fully saturated rings. The first-order valence-corrected chi connectivity index (χ1v) is 7.34. The van der Waals surface area contributed by atoms with Crippen LogP contribution in [0.25, 0.3) is 0 Å². The minimum absolute atomic E-state index is 0.208. The van der Waals surface area contributed by atoms with Gasteiger partial charge in [0.05, 0.1) is 0 Å². The van der Waals surface area contributed by atoms with Crippen molar-refractivity contribution in [2.24, 2.45) is 11.1 Å². The molecule has 2 heteroatoms. The maximum absolute atomic E-state index is 6.21. The van der Waals surface area contributed by atoms with E-state index < -0.39 is 0 Å². The van der Waals surface area contributed by atoms with Crippen molar-refractivity contribution in [1.82, 2.24) is 4.90 Å². The smallest absolute Gasteiger partial charge is 0.0382 e. The zero-order chi connectivity index (χ0) is 13.1. The summed E-state index contributed by atoms with van der Waals surface area (Å²) in [4.78, 5) is 2.59. The van der Waals surface area contributed by atoms with Crippen molar-refractivity contribution in [3.8, 4) is 0 Å². The number of nitrogens with two attached hydrogens (primary N) is 1. The molecule has 0 aromatic heterocycles. The lowest BCUT2D eigenvalue weighted by Crippen LogP contribution is -2.64.